The molecule has 0 aliphatic rings. The van der Waals surface area contributed by atoms with Gasteiger partial charge < -0.3 is 32.5 Å². The number of amides is 3. The molecular weight excluding hydrogens is 542 g/mol. The number of terminal acetylenes is 1. The molecule has 3 atom stereocenters. The largest absolute Gasteiger partial charge is 0.480 e. The Hall–Kier alpha value is -4.08. The topological polar surface area (TPSA) is 211 Å². The number of hydrogen-bond donors (Lipinski definition) is 6. The molecule has 230 valence electrons. The van der Waals surface area contributed by atoms with Gasteiger partial charge in [0.1, 0.15) is 6.04 Å². The van der Waals surface area contributed by atoms with E-state index in [1.807, 2.05) is 12.0 Å². The first kappa shape index (κ1) is 35.9. The Kier molecular flexibility index (Phi) is 17.8. The van der Waals surface area contributed by atoms with E-state index in [1.54, 1.807) is 24.3 Å². The van der Waals surface area contributed by atoms with E-state index in [1.165, 1.54) is 0 Å². The molecule has 1 aromatic rings. The SMILES string of the molecule is C#CC(=O)N[C@@H](CCCCN)C(=O)CCC(=O)N[C@@H](Cc1ccccc1)C(=O)CCC(=O)N[C@@H](CCCCN)C(=O)O. The number of ketones is 2. The maximum atomic E-state index is 13.1. The monoisotopic (exact) mass is 585 g/mol. The molecule has 3 amide bonds. The van der Waals surface area contributed by atoms with Crippen LogP contribution < -0.4 is 27.4 Å². The summed E-state index contributed by atoms with van der Waals surface area (Å²) < 4.78 is 0. The molecule has 0 radical (unpaired) electrons. The lowest BCUT2D eigenvalue weighted by atomic mass is 9.98. The predicted octanol–water partition coefficient (Wildman–Crippen LogP) is 0.358. The van der Waals surface area contributed by atoms with E-state index in [9.17, 15) is 33.9 Å². The van der Waals surface area contributed by atoms with Crippen molar-refractivity contribution in [2.45, 2.75) is 88.8 Å². The Morgan fingerprint density at radius 2 is 1.21 bits per heavy atom. The molecule has 0 aromatic heterocycles. The highest BCUT2D eigenvalue weighted by atomic mass is 16.4. The first-order valence-corrected chi connectivity index (χ1v) is 14.2. The van der Waals surface area contributed by atoms with Crippen LogP contribution in [0.3, 0.4) is 0 Å². The molecule has 0 aliphatic carbocycles. The van der Waals surface area contributed by atoms with Gasteiger partial charge in [0.25, 0.3) is 5.91 Å². The quantitative estimate of drug-likeness (QED) is 0.0818. The van der Waals surface area contributed by atoms with Crippen molar-refractivity contribution in [1.29, 1.82) is 0 Å². The average Bonchev–Trinajstić information content (AvgIpc) is 2.97. The Bertz CT molecular complexity index is 1090. The van der Waals surface area contributed by atoms with Crippen molar-refractivity contribution in [2.24, 2.45) is 11.5 Å². The van der Waals surface area contributed by atoms with E-state index in [0.29, 0.717) is 45.2 Å². The van der Waals surface area contributed by atoms with E-state index >= 15 is 0 Å². The lowest BCUT2D eigenvalue weighted by Gasteiger charge is -2.19. The number of unbranched alkanes of at least 4 members (excludes halogenated alkanes) is 2. The highest BCUT2D eigenvalue weighted by Crippen LogP contribution is 2.10. The molecule has 8 N–H and O–H groups in total. The van der Waals surface area contributed by atoms with Gasteiger partial charge >= 0.3 is 5.97 Å². The maximum Gasteiger partial charge on any atom is 0.326 e. The third-order valence-corrected chi connectivity index (χ3v) is 6.56. The second kappa shape index (κ2) is 20.7. The van der Waals surface area contributed by atoms with Crippen LogP contribution in [0.4, 0.5) is 0 Å². The number of nitrogens with two attached hydrogens (primary N) is 2. The lowest BCUT2D eigenvalue weighted by Crippen LogP contribution is -2.44. The second-order valence-corrected chi connectivity index (χ2v) is 9.94. The number of aliphatic carboxylic acids is 1. The highest BCUT2D eigenvalue weighted by Gasteiger charge is 2.25. The number of hydrogen-bond acceptors (Lipinski definition) is 8. The van der Waals surface area contributed by atoms with Crippen LogP contribution in [0.5, 0.6) is 0 Å². The zero-order chi connectivity index (χ0) is 31.3. The molecule has 0 bridgehead atoms. The van der Waals surface area contributed by atoms with Crippen molar-refractivity contribution in [3.8, 4) is 12.3 Å². The number of carbonyl (C=O) groups excluding carboxylic acids is 5. The van der Waals surface area contributed by atoms with E-state index in [4.69, 9.17) is 17.9 Å². The van der Waals surface area contributed by atoms with Gasteiger partial charge in [0, 0.05) is 25.7 Å². The molecule has 12 nitrogen and oxygen atoms in total. The Balaban J connectivity index is 2.80. The number of nitrogens with one attached hydrogen (secondary N) is 3. The molecule has 0 saturated heterocycles. The van der Waals surface area contributed by atoms with Crippen LogP contribution in [0, 0.1) is 12.3 Å². The fraction of sp³-hybridized carbons (Fsp3) is 0.533. The van der Waals surface area contributed by atoms with Gasteiger partial charge in [-0.1, -0.05) is 30.3 Å². The molecule has 0 unspecified atom stereocenters. The van der Waals surface area contributed by atoms with E-state index in [0.717, 1.165) is 5.56 Å². The molecular formula is C30H43N5O7. The van der Waals surface area contributed by atoms with Crippen molar-refractivity contribution in [3.05, 3.63) is 35.9 Å². The summed E-state index contributed by atoms with van der Waals surface area (Å²) in [6, 6.07) is 6.07. The van der Waals surface area contributed by atoms with Crippen LogP contribution >= 0.6 is 0 Å². The van der Waals surface area contributed by atoms with Crippen molar-refractivity contribution in [2.75, 3.05) is 13.1 Å². The van der Waals surface area contributed by atoms with Crippen LogP contribution in [-0.2, 0) is 35.2 Å². The van der Waals surface area contributed by atoms with Gasteiger partial charge in [0.15, 0.2) is 11.6 Å². The summed E-state index contributed by atoms with van der Waals surface area (Å²) in [5.41, 5.74) is 11.7. The molecule has 0 fully saturated rings. The van der Waals surface area contributed by atoms with Crippen LogP contribution in [0.15, 0.2) is 30.3 Å². The third-order valence-electron chi connectivity index (χ3n) is 6.56. The summed E-state index contributed by atoms with van der Waals surface area (Å²) in [6.45, 7) is 0.842. The van der Waals surface area contributed by atoms with E-state index in [2.05, 4.69) is 16.0 Å². The molecule has 12 heteroatoms. The van der Waals surface area contributed by atoms with Gasteiger partial charge in [0.05, 0.1) is 12.1 Å². The summed E-state index contributed by atoms with van der Waals surface area (Å²) in [5, 5.41) is 16.9. The van der Waals surface area contributed by atoms with Crippen LogP contribution in [-0.4, -0.2) is 71.6 Å². The number of carbonyl (C=O) groups is 6. The number of benzene rings is 1. The standard InChI is InChI=1S/C30H43N5O7/c1-2-27(38)33-22(12-6-8-18-31)25(36)14-16-29(40)35-24(20-21-10-4-3-5-11-21)26(37)15-17-28(39)34-23(30(41)42)13-7-9-19-32/h1,3-5,10-11,22-24H,6-9,12-20,31-32H2,(H,33,38)(H,34,39)(H,35,40)(H,41,42)/t22-,23-,24-/m0/s1. The normalized spacial score (nSPS) is 12.7. The Labute approximate surface area is 246 Å². The van der Waals surface area contributed by atoms with Gasteiger partial charge in [0.2, 0.25) is 11.8 Å². The van der Waals surface area contributed by atoms with Gasteiger partial charge in [-0.15, -0.1) is 6.42 Å². The fourth-order valence-electron chi connectivity index (χ4n) is 4.21. The molecule has 42 heavy (non-hydrogen) atoms. The first-order chi connectivity index (χ1) is 20.1. The molecule has 1 rings (SSSR count). The average molecular weight is 586 g/mol. The zero-order valence-electron chi connectivity index (χ0n) is 23.9. The molecule has 0 aliphatic heterocycles. The molecule has 0 spiro atoms. The number of rotatable bonds is 22. The van der Waals surface area contributed by atoms with Crippen molar-refractivity contribution < 1.29 is 33.9 Å². The molecule has 0 saturated carbocycles. The van der Waals surface area contributed by atoms with E-state index < -0.39 is 47.6 Å². The second-order valence-electron chi connectivity index (χ2n) is 9.94. The summed E-state index contributed by atoms with van der Waals surface area (Å²) >= 11 is 0. The minimum absolute atomic E-state index is 0.164. The van der Waals surface area contributed by atoms with Crippen molar-refractivity contribution in [3.63, 3.8) is 0 Å². The van der Waals surface area contributed by atoms with Gasteiger partial charge in [-0.2, -0.15) is 0 Å². The Morgan fingerprint density at radius 3 is 1.71 bits per heavy atom. The number of carboxylic acid groups (broad SMARTS) is 1. The minimum Gasteiger partial charge on any atom is -0.480 e. The van der Waals surface area contributed by atoms with Gasteiger partial charge in [-0.3, -0.25) is 24.0 Å². The van der Waals surface area contributed by atoms with Gasteiger partial charge in [-0.05, 0) is 69.5 Å². The van der Waals surface area contributed by atoms with Crippen LogP contribution in [0.2, 0.25) is 0 Å². The predicted molar refractivity (Wildman–Crippen MR) is 157 cm³/mol. The van der Waals surface area contributed by atoms with Crippen molar-refractivity contribution in [1.82, 2.24) is 16.0 Å². The summed E-state index contributed by atoms with van der Waals surface area (Å²) in [7, 11) is 0. The highest BCUT2D eigenvalue weighted by molar-refractivity contribution is 5.98. The summed E-state index contributed by atoms with van der Waals surface area (Å²) in [5.74, 6) is -1.90. The number of Topliss-reactive ketones (excluding diaryl/α,β-unsaturated/α-hetero) is 2. The lowest BCUT2D eigenvalue weighted by molar-refractivity contribution is -0.142. The molecule has 1 aromatic carbocycles. The smallest absolute Gasteiger partial charge is 0.326 e. The molecule has 0 heterocycles. The number of carboxylic acids is 1. The summed E-state index contributed by atoms with van der Waals surface area (Å²) in [4.78, 5) is 74.2. The van der Waals surface area contributed by atoms with Crippen LogP contribution in [0.1, 0.15) is 69.8 Å². The van der Waals surface area contributed by atoms with E-state index in [-0.39, 0.29) is 44.3 Å². The minimum atomic E-state index is -1.17. The van der Waals surface area contributed by atoms with Crippen LogP contribution in [0.25, 0.3) is 0 Å². The third kappa shape index (κ3) is 15.1. The maximum absolute atomic E-state index is 13.1. The fourth-order valence-corrected chi connectivity index (χ4v) is 4.21. The van der Waals surface area contributed by atoms with Crippen molar-refractivity contribution >= 4 is 35.3 Å². The Morgan fingerprint density at radius 1 is 0.714 bits per heavy atom. The zero-order valence-corrected chi connectivity index (χ0v) is 23.9. The van der Waals surface area contributed by atoms with Gasteiger partial charge in [-0.25, -0.2) is 4.79 Å². The summed E-state index contributed by atoms with van der Waals surface area (Å²) in [6.07, 6.45) is 7.34. The first-order valence-electron chi connectivity index (χ1n) is 14.2.